The van der Waals surface area contributed by atoms with E-state index in [0.717, 1.165) is 5.56 Å². The number of carbonyl (C=O) groups excluding carboxylic acids is 1. The molecule has 0 aromatic heterocycles. The number of halogens is 2. The van der Waals surface area contributed by atoms with Crippen molar-refractivity contribution in [1.29, 1.82) is 0 Å². The topological polar surface area (TPSA) is 52.3 Å². The number of nitrogen functional groups attached to an aromatic ring is 1. The van der Waals surface area contributed by atoms with E-state index in [0.29, 0.717) is 11.3 Å². The van der Waals surface area contributed by atoms with E-state index in [4.69, 9.17) is 22.1 Å². The van der Waals surface area contributed by atoms with Crippen LogP contribution >= 0.6 is 11.6 Å². The van der Waals surface area contributed by atoms with Crippen molar-refractivity contribution in [2.24, 2.45) is 0 Å². The fraction of sp³-hybridized carbons (Fsp3) is 0.133. The fourth-order valence-corrected chi connectivity index (χ4v) is 1.96. The zero-order chi connectivity index (χ0) is 14.7. The second kappa shape index (κ2) is 5.92. The first-order valence-corrected chi connectivity index (χ1v) is 6.33. The van der Waals surface area contributed by atoms with Crippen molar-refractivity contribution in [3.63, 3.8) is 0 Å². The monoisotopic (exact) mass is 293 g/mol. The quantitative estimate of drug-likeness (QED) is 0.693. The first-order valence-electron chi connectivity index (χ1n) is 5.95. The Hall–Kier alpha value is -2.07. The van der Waals surface area contributed by atoms with Crippen molar-refractivity contribution in [3.8, 4) is 0 Å². The van der Waals surface area contributed by atoms with E-state index in [1.165, 1.54) is 18.2 Å². The Labute approximate surface area is 121 Å². The van der Waals surface area contributed by atoms with Gasteiger partial charge in [0.15, 0.2) is 0 Å². The Morgan fingerprint density at radius 1 is 1.35 bits per heavy atom. The van der Waals surface area contributed by atoms with Crippen LogP contribution in [0.15, 0.2) is 36.4 Å². The molecule has 3 nitrogen and oxygen atoms in total. The minimum atomic E-state index is -0.561. The van der Waals surface area contributed by atoms with Gasteiger partial charge in [0.1, 0.15) is 12.4 Å². The maximum atomic E-state index is 13.6. The van der Waals surface area contributed by atoms with Gasteiger partial charge in [-0.1, -0.05) is 23.7 Å². The highest BCUT2D eigenvalue weighted by Crippen LogP contribution is 2.21. The maximum absolute atomic E-state index is 13.6. The van der Waals surface area contributed by atoms with Crippen molar-refractivity contribution in [2.45, 2.75) is 13.5 Å². The minimum Gasteiger partial charge on any atom is -0.457 e. The summed E-state index contributed by atoms with van der Waals surface area (Å²) in [6.07, 6.45) is 0. The highest BCUT2D eigenvalue weighted by atomic mass is 35.5. The lowest BCUT2D eigenvalue weighted by Gasteiger charge is -2.09. The molecule has 104 valence electrons. The van der Waals surface area contributed by atoms with Gasteiger partial charge in [-0.15, -0.1) is 0 Å². The van der Waals surface area contributed by atoms with Gasteiger partial charge in [-0.05, 0) is 36.8 Å². The number of rotatable bonds is 3. The van der Waals surface area contributed by atoms with Gasteiger partial charge >= 0.3 is 5.97 Å². The van der Waals surface area contributed by atoms with E-state index in [2.05, 4.69) is 0 Å². The molecule has 0 radical (unpaired) electrons. The summed E-state index contributed by atoms with van der Waals surface area (Å²) in [4.78, 5) is 12.0. The van der Waals surface area contributed by atoms with E-state index in [1.807, 2.05) is 0 Å². The average Bonchev–Trinajstić information content (AvgIpc) is 2.40. The first kappa shape index (κ1) is 14.3. The Morgan fingerprint density at radius 2 is 2.10 bits per heavy atom. The fourth-order valence-electron chi connectivity index (χ4n) is 1.75. The standard InChI is InChI=1S/C15H13ClFNO2/c1-9-5-6-10(18)7-11(9)15(19)20-8-12-13(16)3-2-4-14(12)17/h2-7H,8,18H2,1H3. The van der Waals surface area contributed by atoms with Crippen LogP contribution in [0.5, 0.6) is 0 Å². The average molecular weight is 294 g/mol. The van der Waals surface area contributed by atoms with Crippen LogP contribution in [0.3, 0.4) is 0 Å². The number of hydrogen-bond donors (Lipinski definition) is 1. The summed E-state index contributed by atoms with van der Waals surface area (Å²) in [5.41, 5.74) is 7.35. The van der Waals surface area contributed by atoms with Gasteiger partial charge in [0.05, 0.1) is 10.6 Å². The summed E-state index contributed by atoms with van der Waals surface area (Å²) in [5.74, 6) is -1.07. The molecule has 2 N–H and O–H groups in total. The number of hydrogen-bond acceptors (Lipinski definition) is 3. The van der Waals surface area contributed by atoms with Gasteiger partial charge < -0.3 is 10.5 Å². The van der Waals surface area contributed by atoms with E-state index in [1.54, 1.807) is 25.1 Å². The number of nitrogens with two attached hydrogens (primary N) is 1. The molecule has 0 saturated heterocycles. The third kappa shape index (κ3) is 3.08. The summed E-state index contributed by atoms with van der Waals surface area (Å²) in [6.45, 7) is 1.55. The molecule has 20 heavy (non-hydrogen) atoms. The molecule has 2 rings (SSSR count). The van der Waals surface area contributed by atoms with Crippen LogP contribution in [0.25, 0.3) is 0 Å². The largest absolute Gasteiger partial charge is 0.457 e. The highest BCUT2D eigenvalue weighted by Gasteiger charge is 2.14. The minimum absolute atomic E-state index is 0.157. The number of esters is 1. The number of aryl methyl sites for hydroxylation is 1. The van der Waals surface area contributed by atoms with Gasteiger partial charge in [-0.25, -0.2) is 9.18 Å². The Bertz CT molecular complexity index is 638. The van der Waals surface area contributed by atoms with Crippen LogP contribution in [0, 0.1) is 12.7 Å². The van der Waals surface area contributed by atoms with Crippen LogP contribution in [0.1, 0.15) is 21.5 Å². The molecule has 2 aromatic rings. The summed E-state index contributed by atoms with van der Waals surface area (Å²) < 4.78 is 18.6. The molecule has 0 unspecified atom stereocenters. The molecule has 0 aliphatic heterocycles. The first-order chi connectivity index (χ1) is 9.49. The maximum Gasteiger partial charge on any atom is 0.338 e. The molecule has 2 aromatic carbocycles. The zero-order valence-corrected chi connectivity index (χ0v) is 11.6. The van der Waals surface area contributed by atoms with Gasteiger partial charge in [0.25, 0.3) is 0 Å². The predicted molar refractivity (Wildman–Crippen MR) is 76.1 cm³/mol. The Balaban J connectivity index is 2.15. The van der Waals surface area contributed by atoms with Gasteiger partial charge in [0.2, 0.25) is 0 Å². The molecule has 0 fully saturated rings. The van der Waals surface area contributed by atoms with E-state index < -0.39 is 11.8 Å². The molecule has 0 heterocycles. The van der Waals surface area contributed by atoms with E-state index in [9.17, 15) is 9.18 Å². The normalized spacial score (nSPS) is 10.3. The lowest BCUT2D eigenvalue weighted by Crippen LogP contribution is -2.09. The van der Waals surface area contributed by atoms with Crippen LogP contribution in [0.4, 0.5) is 10.1 Å². The summed E-state index contributed by atoms with van der Waals surface area (Å²) in [6, 6.07) is 9.24. The molecule has 0 saturated carbocycles. The SMILES string of the molecule is Cc1ccc(N)cc1C(=O)OCc1c(F)cccc1Cl. The van der Waals surface area contributed by atoms with Crippen molar-refractivity contribution in [3.05, 3.63) is 63.9 Å². The van der Waals surface area contributed by atoms with E-state index in [-0.39, 0.29) is 17.2 Å². The van der Waals surface area contributed by atoms with E-state index >= 15 is 0 Å². The van der Waals surface area contributed by atoms with Gasteiger partial charge in [0, 0.05) is 11.3 Å². The van der Waals surface area contributed by atoms with Crippen LogP contribution < -0.4 is 5.73 Å². The molecule has 0 spiro atoms. The molecule has 0 bridgehead atoms. The molecule has 0 aliphatic carbocycles. The molecule has 0 amide bonds. The second-order valence-electron chi connectivity index (χ2n) is 4.35. The van der Waals surface area contributed by atoms with Crippen molar-refractivity contribution >= 4 is 23.3 Å². The molecular weight excluding hydrogens is 281 g/mol. The number of benzene rings is 2. The third-order valence-corrected chi connectivity index (χ3v) is 3.24. The third-order valence-electron chi connectivity index (χ3n) is 2.89. The number of ether oxygens (including phenoxy) is 1. The molecule has 5 heteroatoms. The summed E-state index contributed by atoms with van der Waals surface area (Å²) in [5, 5.41) is 0.224. The smallest absolute Gasteiger partial charge is 0.338 e. The molecule has 0 atom stereocenters. The molecule has 0 aliphatic rings. The summed E-state index contributed by atoms with van der Waals surface area (Å²) in [7, 11) is 0. The predicted octanol–water partition coefficient (Wildman–Crippen LogP) is 3.73. The lowest BCUT2D eigenvalue weighted by molar-refractivity contribution is 0.0468. The van der Waals surface area contributed by atoms with Crippen molar-refractivity contribution in [1.82, 2.24) is 0 Å². The van der Waals surface area contributed by atoms with Gasteiger partial charge in [-0.3, -0.25) is 0 Å². The number of anilines is 1. The van der Waals surface area contributed by atoms with Crippen LogP contribution in [-0.4, -0.2) is 5.97 Å². The van der Waals surface area contributed by atoms with Gasteiger partial charge in [-0.2, -0.15) is 0 Å². The summed E-state index contributed by atoms with van der Waals surface area (Å²) >= 11 is 5.86. The van der Waals surface area contributed by atoms with Crippen molar-refractivity contribution < 1.29 is 13.9 Å². The Kier molecular flexibility index (Phi) is 4.25. The highest BCUT2D eigenvalue weighted by molar-refractivity contribution is 6.31. The van der Waals surface area contributed by atoms with Crippen molar-refractivity contribution in [2.75, 3.05) is 5.73 Å². The Morgan fingerprint density at radius 3 is 2.80 bits per heavy atom. The lowest BCUT2D eigenvalue weighted by atomic mass is 10.1. The number of carbonyl (C=O) groups is 1. The second-order valence-corrected chi connectivity index (χ2v) is 4.76. The molecular formula is C15H13ClFNO2. The zero-order valence-electron chi connectivity index (χ0n) is 10.8. The van der Waals surface area contributed by atoms with Crippen LogP contribution in [-0.2, 0) is 11.3 Å². The van der Waals surface area contributed by atoms with Crippen LogP contribution in [0.2, 0.25) is 5.02 Å².